The number of hydrogen-bond donors (Lipinski definition) is 0. The molecular weight excluding hydrogens is 208 g/mol. The van der Waals surface area contributed by atoms with Gasteiger partial charge in [0, 0.05) is 12.8 Å². The minimum absolute atomic E-state index is 0.739. The van der Waals surface area contributed by atoms with E-state index in [0.717, 1.165) is 30.0 Å². The van der Waals surface area contributed by atoms with E-state index < -0.39 is 0 Å². The molecule has 0 N–H and O–H groups in total. The van der Waals surface area contributed by atoms with Gasteiger partial charge in [0.05, 0.1) is 19.6 Å². The summed E-state index contributed by atoms with van der Waals surface area (Å²) in [6.45, 7) is 7.80. The van der Waals surface area contributed by atoms with Crippen LogP contribution in [-0.2, 0) is 0 Å². The van der Waals surface area contributed by atoms with Crippen molar-refractivity contribution in [2.75, 3.05) is 19.6 Å². The minimum Gasteiger partial charge on any atom is -0.224 e. The molecule has 0 amide bonds. The second-order valence-electron chi connectivity index (χ2n) is 5.71. The fourth-order valence-electron chi connectivity index (χ4n) is 2.94. The van der Waals surface area contributed by atoms with Crippen LogP contribution in [0.1, 0.15) is 65.2 Å². The number of nitriles is 1. The summed E-state index contributed by atoms with van der Waals surface area (Å²) < 4.78 is 0.739. The van der Waals surface area contributed by atoms with Crippen LogP contribution in [-0.4, -0.2) is 24.1 Å². The molecule has 1 aliphatic heterocycles. The van der Waals surface area contributed by atoms with Gasteiger partial charge in [0.1, 0.15) is 0 Å². The van der Waals surface area contributed by atoms with E-state index in [1.54, 1.807) is 0 Å². The first-order chi connectivity index (χ1) is 8.26. The molecule has 0 saturated carbocycles. The molecule has 1 saturated heterocycles. The number of nitrogens with zero attached hydrogens (tertiary/aromatic N) is 2. The van der Waals surface area contributed by atoms with Gasteiger partial charge >= 0.3 is 6.19 Å². The minimum atomic E-state index is 0.739. The van der Waals surface area contributed by atoms with Crippen LogP contribution in [0.15, 0.2) is 0 Å². The summed E-state index contributed by atoms with van der Waals surface area (Å²) in [4.78, 5) is 0. The molecule has 17 heavy (non-hydrogen) atoms. The van der Waals surface area contributed by atoms with Crippen molar-refractivity contribution in [2.45, 2.75) is 65.2 Å². The van der Waals surface area contributed by atoms with E-state index in [1.807, 2.05) is 0 Å². The Kier molecular flexibility index (Phi) is 6.58. The molecule has 0 unspecified atom stereocenters. The Balaban J connectivity index is 2.32. The predicted octanol–water partition coefficient (Wildman–Crippen LogP) is 4.07. The molecule has 0 aliphatic carbocycles. The van der Waals surface area contributed by atoms with E-state index in [2.05, 4.69) is 20.0 Å². The largest absolute Gasteiger partial charge is 0.308 e. The Morgan fingerprint density at radius 2 is 1.71 bits per heavy atom. The topological polar surface area (TPSA) is 23.8 Å². The Hall–Kier alpha value is -0.550. The van der Waals surface area contributed by atoms with Gasteiger partial charge in [-0.3, -0.25) is 0 Å². The highest BCUT2D eigenvalue weighted by atomic mass is 15.3. The summed E-state index contributed by atoms with van der Waals surface area (Å²) in [5.41, 5.74) is 0. The summed E-state index contributed by atoms with van der Waals surface area (Å²) in [7, 11) is 0. The first kappa shape index (κ1) is 14.5. The smallest absolute Gasteiger partial charge is 0.224 e. The SMILES string of the molecule is CCCCC[N+]1(C#N)CCC(CCCC)CC1. The van der Waals surface area contributed by atoms with Gasteiger partial charge in [-0.05, 0) is 18.8 Å². The average molecular weight is 237 g/mol. The zero-order chi connectivity index (χ0) is 12.6. The van der Waals surface area contributed by atoms with E-state index in [9.17, 15) is 5.26 Å². The van der Waals surface area contributed by atoms with Gasteiger partial charge in [0.25, 0.3) is 0 Å². The van der Waals surface area contributed by atoms with E-state index in [4.69, 9.17) is 0 Å². The van der Waals surface area contributed by atoms with E-state index in [0.29, 0.717) is 0 Å². The summed E-state index contributed by atoms with van der Waals surface area (Å²) in [5, 5.41) is 9.43. The van der Waals surface area contributed by atoms with Crippen molar-refractivity contribution in [2.24, 2.45) is 5.92 Å². The van der Waals surface area contributed by atoms with Crippen molar-refractivity contribution in [3.05, 3.63) is 0 Å². The highest BCUT2D eigenvalue weighted by Crippen LogP contribution is 2.27. The lowest BCUT2D eigenvalue weighted by molar-refractivity contribution is -0.872. The number of rotatable bonds is 7. The summed E-state index contributed by atoms with van der Waals surface area (Å²) in [6.07, 6.45) is 13.0. The summed E-state index contributed by atoms with van der Waals surface area (Å²) in [6, 6.07) is 0. The molecule has 1 aliphatic rings. The Bertz CT molecular complexity index is 234. The van der Waals surface area contributed by atoms with Crippen molar-refractivity contribution in [3.8, 4) is 6.19 Å². The standard InChI is InChI=1S/C15H29N2/c1-3-5-7-11-17(14-16)12-9-15(10-13-17)8-6-4-2/h15H,3-13H2,1-2H3/q+1. The van der Waals surface area contributed by atoms with Crippen molar-refractivity contribution < 1.29 is 4.48 Å². The molecule has 1 fully saturated rings. The van der Waals surface area contributed by atoms with Crippen LogP contribution in [0.4, 0.5) is 0 Å². The van der Waals surface area contributed by atoms with Crippen LogP contribution in [0.25, 0.3) is 0 Å². The Morgan fingerprint density at radius 1 is 1.06 bits per heavy atom. The summed E-state index contributed by atoms with van der Waals surface area (Å²) in [5.74, 6) is 0.903. The molecule has 1 heterocycles. The zero-order valence-electron chi connectivity index (χ0n) is 11.7. The first-order valence-electron chi connectivity index (χ1n) is 7.53. The molecule has 0 aromatic carbocycles. The van der Waals surface area contributed by atoms with Gasteiger partial charge in [0.15, 0.2) is 0 Å². The fraction of sp³-hybridized carbons (Fsp3) is 0.933. The van der Waals surface area contributed by atoms with Crippen LogP contribution in [0, 0.1) is 17.4 Å². The molecule has 0 radical (unpaired) electrons. The zero-order valence-corrected chi connectivity index (χ0v) is 11.7. The fourth-order valence-corrected chi connectivity index (χ4v) is 2.94. The first-order valence-corrected chi connectivity index (χ1v) is 7.53. The van der Waals surface area contributed by atoms with Crippen LogP contribution in [0.5, 0.6) is 0 Å². The molecule has 2 heteroatoms. The third kappa shape index (κ3) is 4.68. The van der Waals surface area contributed by atoms with Crippen LogP contribution >= 0.6 is 0 Å². The Morgan fingerprint density at radius 3 is 2.24 bits per heavy atom. The number of hydrogen-bond acceptors (Lipinski definition) is 1. The van der Waals surface area contributed by atoms with Crippen LogP contribution in [0.2, 0.25) is 0 Å². The van der Waals surface area contributed by atoms with Crippen molar-refractivity contribution in [1.82, 2.24) is 0 Å². The monoisotopic (exact) mass is 237 g/mol. The van der Waals surface area contributed by atoms with Crippen molar-refractivity contribution in [1.29, 1.82) is 5.26 Å². The lowest BCUT2D eigenvalue weighted by Crippen LogP contribution is -2.49. The quantitative estimate of drug-likeness (QED) is 0.372. The highest BCUT2D eigenvalue weighted by molar-refractivity contribution is 4.70. The highest BCUT2D eigenvalue weighted by Gasteiger charge is 2.33. The molecule has 1 rings (SSSR count). The van der Waals surface area contributed by atoms with E-state index in [-0.39, 0.29) is 0 Å². The van der Waals surface area contributed by atoms with Crippen LogP contribution < -0.4 is 0 Å². The average Bonchev–Trinajstić information content (AvgIpc) is 2.38. The van der Waals surface area contributed by atoms with Gasteiger partial charge in [0.2, 0.25) is 0 Å². The van der Waals surface area contributed by atoms with Crippen LogP contribution in [0.3, 0.4) is 0 Å². The van der Waals surface area contributed by atoms with Crippen molar-refractivity contribution >= 4 is 0 Å². The molecule has 98 valence electrons. The molecule has 0 atom stereocenters. The van der Waals surface area contributed by atoms with E-state index in [1.165, 1.54) is 51.4 Å². The molecule has 0 spiro atoms. The lowest BCUT2D eigenvalue weighted by atomic mass is 9.90. The number of quaternary nitrogens is 1. The third-order valence-electron chi connectivity index (χ3n) is 4.30. The van der Waals surface area contributed by atoms with Gasteiger partial charge < -0.3 is 0 Å². The Labute approximate surface area is 107 Å². The molecule has 0 aromatic heterocycles. The molecule has 0 aromatic rings. The maximum absolute atomic E-state index is 9.43. The van der Waals surface area contributed by atoms with Gasteiger partial charge in [-0.15, -0.1) is 5.26 Å². The number of unbranched alkanes of at least 4 members (excludes halogenated alkanes) is 3. The van der Waals surface area contributed by atoms with Gasteiger partial charge in [-0.2, -0.15) is 0 Å². The number of likely N-dealkylation sites (tertiary alicyclic amines) is 1. The maximum atomic E-state index is 9.43. The third-order valence-corrected chi connectivity index (χ3v) is 4.30. The predicted molar refractivity (Wildman–Crippen MR) is 72.2 cm³/mol. The molecule has 2 nitrogen and oxygen atoms in total. The normalized spacial score (nSPS) is 28.9. The van der Waals surface area contributed by atoms with Gasteiger partial charge in [-0.25, -0.2) is 4.48 Å². The second-order valence-corrected chi connectivity index (χ2v) is 5.71. The summed E-state index contributed by atoms with van der Waals surface area (Å²) >= 11 is 0. The van der Waals surface area contributed by atoms with Gasteiger partial charge in [-0.1, -0.05) is 39.5 Å². The maximum Gasteiger partial charge on any atom is 0.308 e. The number of piperidine rings is 1. The molecule has 0 bridgehead atoms. The second kappa shape index (κ2) is 7.71. The lowest BCUT2D eigenvalue weighted by Gasteiger charge is -2.36. The van der Waals surface area contributed by atoms with Crippen molar-refractivity contribution in [3.63, 3.8) is 0 Å². The molecular formula is C15H29N2+. The van der Waals surface area contributed by atoms with E-state index >= 15 is 0 Å².